The van der Waals surface area contributed by atoms with Crippen molar-refractivity contribution >= 4 is 62.1 Å². The molecule has 4 heterocycles. The normalized spacial score (nSPS) is 11.6. The lowest BCUT2D eigenvalue weighted by Crippen LogP contribution is -1.97. The third kappa shape index (κ3) is 4.12. The zero-order chi connectivity index (χ0) is 23.8. The van der Waals surface area contributed by atoms with E-state index in [2.05, 4.69) is 24.9 Å². The Labute approximate surface area is 209 Å². The number of benzene rings is 2. The van der Waals surface area contributed by atoms with Crippen molar-refractivity contribution in [3.8, 4) is 23.4 Å². The Kier molecular flexibility index (Phi) is 5.41. The number of halogens is 2. The second kappa shape index (κ2) is 8.87. The smallest absolute Gasteiger partial charge is 0.327 e. The van der Waals surface area contributed by atoms with Gasteiger partial charge >= 0.3 is 6.01 Å². The molecule has 0 radical (unpaired) electrons. The second-order valence-corrected chi connectivity index (χ2v) is 8.23. The Morgan fingerprint density at radius 3 is 2.11 bits per heavy atom. The van der Waals surface area contributed by atoms with Crippen LogP contribution in [0.1, 0.15) is 5.69 Å². The van der Waals surface area contributed by atoms with E-state index in [9.17, 15) is 0 Å². The third-order valence-electron chi connectivity index (χ3n) is 5.37. The SMILES string of the molecule is Cl/C=C/c1[nH]c2nc(Oc3ccc4cccnc4c3)nc(Oc3ccc4cccnc4c3)c2c1Cl. The highest BCUT2D eigenvalue weighted by atomic mass is 35.5. The number of fused-ring (bicyclic) bond motifs is 3. The van der Waals surface area contributed by atoms with Gasteiger partial charge in [0.15, 0.2) is 5.65 Å². The summed E-state index contributed by atoms with van der Waals surface area (Å²) in [6.07, 6.45) is 5.09. The number of nitrogens with one attached hydrogen (secondary N) is 1. The number of nitrogens with zero attached hydrogens (tertiary/aromatic N) is 4. The Bertz CT molecular complexity index is 1750. The van der Waals surface area contributed by atoms with E-state index in [1.165, 1.54) is 5.54 Å². The minimum Gasteiger partial charge on any atom is -0.438 e. The largest absolute Gasteiger partial charge is 0.438 e. The van der Waals surface area contributed by atoms with Gasteiger partial charge in [-0.15, -0.1) is 0 Å². The summed E-state index contributed by atoms with van der Waals surface area (Å²) in [5.74, 6) is 1.31. The van der Waals surface area contributed by atoms with Crippen LogP contribution < -0.4 is 9.47 Å². The first-order valence-electron chi connectivity index (χ1n) is 10.6. The summed E-state index contributed by atoms with van der Waals surface area (Å²) in [6, 6.07) is 19.0. The quantitative estimate of drug-likeness (QED) is 0.264. The fourth-order valence-corrected chi connectivity index (χ4v) is 4.17. The minimum atomic E-state index is 0.0843. The summed E-state index contributed by atoms with van der Waals surface area (Å²) >= 11 is 12.4. The maximum atomic E-state index is 6.62. The van der Waals surface area contributed by atoms with Crippen molar-refractivity contribution in [3.05, 3.63) is 89.3 Å². The molecule has 0 bridgehead atoms. The standard InChI is InChI=1S/C26H15Cl2N5O2/c27-10-9-19-23(28)22-24(31-19)32-26(35-18-8-6-16-4-2-12-30-21(16)14-18)33-25(22)34-17-7-5-15-3-1-11-29-20(15)13-17/h1-14H,(H,31,32,33)/b10-9+. The molecule has 0 aliphatic rings. The molecule has 35 heavy (non-hydrogen) atoms. The molecule has 170 valence electrons. The number of aromatic amines is 1. The number of pyridine rings is 2. The van der Waals surface area contributed by atoms with Crippen LogP contribution in [0.15, 0.2) is 78.6 Å². The number of H-pyrrole nitrogens is 1. The molecule has 0 atom stereocenters. The highest BCUT2D eigenvalue weighted by Gasteiger charge is 2.19. The average molecular weight is 500 g/mol. The van der Waals surface area contributed by atoms with Crippen LogP contribution in [0, 0.1) is 0 Å². The Morgan fingerprint density at radius 1 is 0.800 bits per heavy atom. The minimum absolute atomic E-state index is 0.0843. The highest BCUT2D eigenvalue weighted by Crippen LogP contribution is 2.38. The van der Waals surface area contributed by atoms with Gasteiger partial charge in [-0.2, -0.15) is 9.97 Å². The lowest BCUT2D eigenvalue weighted by Gasteiger charge is -2.10. The molecule has 6 rings (SSSR count). The van der Waals surface area contributed by atoms with Crippen LogP contribution in [-0.4, -0.2) is 24.9 Å². The average Bonchev–Trinajstić information content (AvgIpc) is 3.19. The first-order chi connectivity index (χ1) is 17.2. The van der Waals surface area contributed by atoms with Crippen LogP contribution in [0.4, 0.5) is 0 Å². The third-order valence-corrected chi connectivity index (χ3v) is 5.89. The summed E-state index contributed by atoms with van der Waals surface area (Å²) in [6.45, 7) is 0. The van der Waals surface area contributed by atoms with Gasteiger partial charge in [0, 0.05) is 40.8 Å². The number of hydrogen-bond donors (Lipinski definition) is 1. The molecule has 0 aliphatic carbocycles. The maximum Gasteiger partial charge on any atom is 0.327 e. The van der Waals surface area contributed by atoms with Gasteiger partial charge in [0.1, 0.15) is 16.9 Å². The Balaban J connectivity index is 1.45. The second-order valence-electron chi connectivity index (χ2n) is 7.60. The Hall–Kier alpha value is -4.20. The van der Waals surface area contributed by atoms with E-state index in [4.69, 9.17) is 32.7 Å². The van der Waals surface area contributed by atoms with Gasteiger partial charge < -0.3 is 14.5 Å². The van der Waals surface area contributed by atoms with Crippen molar-refractivity contribution in [2.45, 2.75) is 0 Å². The topological polar surface area (TPSA) is 85.8 Å². The van der Waals surface area contributed by atoms with Crippen molar-refractivity contribution in [1.29, 1.82) is 0 Å². The van der Waals surface area contributed by atoms with E-state index in [1.54, 1.807) is 18.5 Å². The maximum absolute atomic E-state index is 6.62. The van der Waals surface area contributed by atoms with Gasteiger partial charge in [0.25, 0.3) is 0 Å². The van der Waals surface area contributed by atoms with E-state index >= 15 is 0 Å². The van der Waals surface area contributed by atoms with Gasteiger partial charge in [-0.05, 0) is 42.5 Å². The lowest BCUT2D eigenvalue weighted by molar-refractivity contribution is 0.417. The fourth-order valence-electron chi connectivity index (χ4n) is 3.76. The van der Waals surface area contributed by atoms with E-state index < -0.39 is 0 Å². The predicted octanol–water partition coefficient (Wildman–Crippen LogP) is 7.50. The van der Waals surface area contributed by atoms with Crippen LogP contribution in [0.25, 0.3) is 38.9 Å². The summed E-state index contributed by atoms with van der Waals surface area (Å²) in [7, 11) is 0. The number of rotatable bonds is 5. The molecule has 0 fully saturated rings. The van der Waals surface area contributed by atoms with Crippen LogP contribution in [-0.2, 0) is 0 Å². The molecule has 6 aromatic rings. The summed E-state index contributed by atoms with van der Waals surface area (Å²) in [5.41, 5.74) is 3.96. The summed E-state index contributed by atoms with van der Waals surface area (Å²) < 4.78 is 12.2. The highest BCUT2D eigenvalue weighted by molar-refractivity contribution is 6.38. The fraction of sp³-hybridized carbons (Fsp3) is 0. The molecular weight excluding hydrogens is 485 g/mol. The first-order valence-corrected chi connectivity index (χ1v) is 11.4. The van der Waals surface area contributed by atoms with Crippen molar-refractivity contribution in [3.63, 3.8) is 0 Å². The molecule has 7 nitrogen and oxygen atoms in total. The lowest BCUT2D eigenvalue weighted by atomic mass is 10.2. The van der Waals surface area contributed by atoms with Crippen LogP contribution in [0.5, 0.6) is 23.4 Å². The summed E-state index contributed by atoms with van der Waals surface area (Å²) in [4.78, 5) is 20.9. The monoisotopic (exact) mass is 499 g/mol. The molecule has 0 aliphatic heterocycles. The van der Waals surface area contributed by atoms with Gasteiger partial charge in [0.05, 0.1) is 21.7 Å². The van der Waals surface area contributed by atoms with Gasteiger partial charge in [0.2, 0.25) is 5.88 Å². The predicted molar refractivity (Wildman–Crippen MR) is 137 cm³/mol. The molecule has 0 saturated heterocycles. The van der Waals surface area contributed by atoms with Crippen molar-refractivity contribution in [2.24, 2.45) is 0 Å². The van der Waals surface area contributed by atoms with Gasteiger partial charge in [-0.1, -0.05) is 35.3 Å². The van der Waals surface area contributed by atoms with E-state index in [0.717, 1.165) is 21.8 Å². The van der Waals surface area contributed by atoms with Crippen LogP contribution in [0.2, 0.25) is 5.02 Å². The zero-order valence-corrected chi connectivity index (χ0v) is 19.5. The van der Waals surface area contributed by atoms with Gasteiger partial charge in [-0.25, -0.2) is 0 Å². The molecule has 0 saturated carbocycles. The van der Waals surface area contributed by atoms with Crippen LogP contribution in [0.3, 0.4) is 0 Å². The Morgan fingerprint density at radius 2 is 1.46 bits per heavy atom. The molecule has 2 aromatic carbocycles. The van der Waals surface area contributed by atoms with Crippen molar-refractivity contribution in [1.82, 2.24) is 24.9 Å². The molecule has 4 aromatic heterocycles. The first kappa shape index (κ1) is 21.3. The molecule has 0 amide bonds. The van der Waals surface area contributed by atoms with E-state index in [1.807, 2.05) is 60.7 Å². The van der Waals surface area contributed by atoms with Crippen molar-refractivity contribution < 1.29 is 9.47 Å². The molecular formula is C26H15Cl2N5O2. The summed E-state index contributed by atoms with van der Waals surface area (Å²) in [5, 5.41) is 2.88. The van der Waals surface area contributed by atoms with Crippen LogP contribution >= 0.6 is 23.2 Å². The molecule has 1 N–H and O–H groups in total. The molecule has 0 unspecified atom stereocenters. The number of aromatic nitrogens is 5. The van der Waals surface area contributed by atoms with Crippen molar-refractivity contribution in [2.75, 3.05) is 0 Å². The molecule has 0 spiro atoms. The molecule has 9 heteroatoms. The van der Waals surface area contributed by atoms with E-state index in [0.29, 0.717) is 33.2 Å². The zero-order valence-electron chi connectivity index (χ0n) is 17.9. The van der Waals surface area contributed by atoms with Gasteiger partial charge in [-0.3, -0.25) is 9.97 Å². The number of ether oxygens (including phenoxy) is 2. The number of hydrogen-bond acceptors (Lipinski definition) is 6. The van der Waals surface area contributed by atoms with E-state index in [-0.39, 0.29) is 11.9 Å².